The fourth-order valence-corrected chi connectivity index (χ4v) is 2.69. The lowest BCUT2D eigenvalue weighted by atomic mass is 10.1. The van der Waals surface area contributed by atoms with Gasteiger partial charge in [0.1, 0.15) is 11.4 Å². The van der Waals surface area contributed by atoms with E-state index in [-0.39, 0.29) is 16.7 Å². The second kappa shape index (κ2) is 6.28. The molecule has 3 rings (SSSR count). The van der Waals surface area contributed by atoms with Crippen LogP contribution in [0.25, 0.3) is 10.9 Å². The van der Waals surface area contributed by atoms with Gasteiger partial charge in [0.2, 0.25) is 5.43 Å². The number of carbonyl (C=O) groups excluding carboxylic acids is 1. The molecule has 0 aliphatic heterocycles. The van der Waals surface area contributed by atoms with Crippen molar-refractivity contribution >= 4 is 22.5 Å². The molecule has 5 heteroatoms. The molecule has 2 aromatic carbocycles. The number of hydrogen-bond donors (Lipinski definition) is 1. The van der Waals surface area contributed by atoms with Crippen LogP contribution in [-0.4, -0.2) is 10.5 Å². The number of amides is 1. The number of pyridine rings is 1. The first kappa shape index (κ1) is 15.9. The molecule has 0 atom stereocenters. The van der Waals surface area contributed by atoms with E-state index >= 15 is 0 Å². The molecular formula is C19H17FN2O2. The lowest BCUT2D eigenvalue weighted by Gasteiger charge is -2.12. The molecule has 0 unspecified atom stereocenters. The summed E-state index contributed by atoms with van der Waals surface area (Å²) in [5, 5.41) is 2.95. The fourth-order valence-electron chi connectivity index (χ4n) is 2.69. The zero-order valence-electron chi connectivity index (χ0n) is 13.5. The standard InChI is InChI=1S/C19H17FN2O2/c1-3-22-11-14(18(23)13-10-12(2)8-9-17(13)22)19(24)21-16-7-5-4-6-15(16)20/h4-11H,3H2,1-2H3,(H,21,24). The van der Waals surface area contributed by atoms with Crippen molar-refractivity contribution in [3.05, 3.63) is 75.8 Å². The number of aromatic nitrogens is 1. The third kappa shape index (κ3) is 2.80. The molecule has 1 aromatic heterocycles. The molecule has 0 aliphatic rings. The molecule has 24 heavy (non-hydrogen) atoms. The van der Waals surface area contributed by atoms with Crippen molar-refractivity contribution < 1.29 is 9.18 Å². The molecule has 0 saturated carbocycles. The number of halogens is 1. The van der Waals surface area contributed by atoms with E-state index in [9.17, 15) is 14.0 Å². The molecule has 1 heterocycles. The van der Waals surface area contributed by atoms with Gasteiger partial charge in [-0.15, -0.1) is 0 Å². The number of hydrogen-bond acceptors (Lipinski definition) is 2. The molecule has 0 fully saturated rings. The number of fused-ring (bicyclic) bond motifs is 1. The highest BCUT2D eigenvalue weighted by Crippen LogP contribution is 2.16. The summed E-state index contributed by atoms with van der Waals surface area (Å²) < 4.78 is 15.6. The fraction of sp³-hybridized carbons (Fsp3) is 0.158. The van der Waals surface area contributed by atoms with Gasteiger partial charge in [0, 0.05) is 18.1 Å². The summed E-state index contributed by atoms with van der Waals surface area (Å²) in [6, 6.07) is 11.4. The number of benzene rings is 2. The SMILES string of the molecule is CCn1cc(C(=O)Nc2ccccc2F)c(=O)c2cc(C)ccc21. The van der Waals surface area contributed by atoms with Gasteiger partial charge in [-0.05, 0) is 38.1 Å². The van der Waals surface area contributed by atoms with Gasteiger partial charge in [0.15, 0.2) is 0 Å². The Hall–Kier alpha value is -2.95. The van der Waals surface area contributed by atoms with Crippen LogP contribution < -0.4 is 10.7 Å². The summed E-state index contributed by atoms with van der Waals surface area (Å²) in [7, 11) is 0. The number of rotatable bonds is 3. The Morgan fingerprint density at radius 1 is 1.21 bits per heavy atom. The minimum absolute atomic E-state index is 0.00166. The first-order valence-corrected chi connectivity index (χ1v) is 7.71. The van der Waals surface area contributed by atoms with Gasteiger partial charge in [-0.25, -0.2) is 4.39 Å². The van der Waals surface area contributed by atoms with Crippen molar-refractivity contribution in [1.29, 1.82) is 0 Å². The zero-order chi connectivity index (χ0) is 17.3. The van der Waals surface area contributed by atoms with Crippen molar-refractivity contribution in [2.75, 3.05) is 5.32 Å². The molecule has 122 valence electrons. The number of aryl methyl sites for hydroxylation is 2. The van der Waals surface area contributed by atoms with E-state index in [4.69, 9.17) is 0 Å². The number of carbonyl (C=O) groups is 1. The highest BCUT2D eigenvalue weighted by molar-refractivity contribution is 6.05. The molecule has 0 radical (unpaired) electrons. The van der Waals surface area contributed by atoms with Gasteiger partial charge >= 0.3 is 0 Å². The normalized spacial score (nSPS) is 10.8. The van der Waals surface area contributed by atoms with Gasteiger partial charge in [0.05, 0.1) is 11.2 Å². The smallest absolute Gasteiger partial charge is 0.261 e. The average Bonchev–Trinajstić information content (AvgIpc) is 2.57. The van der Waals surface area contributed by atoms with Crippen LogP contribution in [0, 0.1) is 12.7 Å². The van der Waals surface area contributed by atoms with Crippen molar-refractivity contribution in [3.63, 3.8) is 0 Å². The highest BCUT2D eigenvalue weighted by Gasteiger charge is 2.16. The second-order valence-electron chi connectivity index (χ2n) is 5.61. The predicted octanol–water partition coefficient (Wildman–Crippen LogP) is 3.72. The molecule has 0 bridgehead atoms. The van der Waals surface area contributed by atoms with E-state index in [1.165, 1.54) is 24.4 Å². The van der Waals surface area contributed by atoms with E-state index in [0.29, 0.717) is 11.9 Å². The van der Waals surface area contributed by atoms with Gasteiger partial charge in [-0.1, -0.05) is 23.8 Å². The van der Waals surface area contributed by atoms with E-state index in [0.717, 1.165) is 11.1 Å². The maximum Gasteiger partial charge on any atom is 0.261 e. The Balaban J connectivity index is 2.12. The molecule has 0 aliphatic carbocycles. The second-order valence-corrected chi connectivity index (χ2v) is 5.61. The van der Waals surface area contributed by atoms with Gasteiger partial charge in [0.25, 0.3) is 5.91 Å². The minimum Gasteiger partial charge on any atom is -0.347 e. The summed E-state index contributed by atoms with van der Waals surface area (Å²) in [6.45, 7) is 4.43. The van der Waals surface area contributed by atoms with Gasteiger partial charge < -0.3 is 9.88 Å². The van der Waals surface area contributed by atoms with Crippen LogP contribution in [0.3, 0.4) is 0 Å². The number of anilines is 1. The summed E-state index contributed by atoms with van der Waals surface area (Å²) in [4.78, 5) is 25.2. The predicted molar refractivity (Wildman–Crippen MR) is 93.0 cm³/mol. The van der Waals surface area contributed by atoms with Crippen LogP contribution in [0.4, 0.5) is 10.1 Å². The first-order valence-electron chi connectivity index (χ1n) is 7.71. The third-order valence-corrected chi connectivity index (χ3v) is 3.94. The van der Waals surface area contributed by atoms with Crippen molar-refractivity contribution in [2.24, 2.45) is 0 Å². The molecular weight excluding hydrogens is 307 g/mol. The van der Waals surface area contributed by atoms with Gasteiger partial charge in [-0.3, -0.25) is 9.59 Å². The van der Waals surface area contributed by atoms with Crippen LogP contribution in [0.2, 0.25) is 0 Å². The van der Waals surface area contributed by atoms with Crippen molar-refractivity contribution in [2.45, 2.75) is 20.4 Å². The summed E-state index contributed by atoms with van der Waals surface area (Å²) >= 11 is 0. The molecule has 0 saturated heterocycles. The topological polar surface area (TPSA) is 51.1 Å². The molecule has 3 aromatic rings. The van der Waals surface area contributed by atoms with Gasteiger partial charge in [-0.2, -0.15) is 0 Å². The Labute approximate surface area is 138 Å². The van der Waals surface area contributed by atoms with Crippen molar-refractivity contribution in [1.82, 2.24) is 4.57 Å². The Bertz CT molecular complexity index is 992. The summed E-state index contributed by atoms with van der Waals surface area (Å²) in [5.41, 5.74) is 1.41. The van der Waals surface area contributed by atoms with E-state index in [2.05, 4.69) is 5.32 Å². The Morgan fingerprint density at radius 2 is 1.96 bits per heavy atom. The largest absolute Gasteiger partial charge is 0.347 e. The van der Waals surface area contributed by atoms with E-state index < -0.39 is 11.7 Å². The maximum absolute atomic E-state index is 13.7. The Morgan fingerprint density at radius 3 is 2.67 bits per heavy atom. The van der Waals surface area contributed by atoms with E-state index in [1.54, 1.807) is 12.1 Å². The molecule has 1 N–H and O–H groups in total. The molecule has 0 spiro atoms. The minimum atomic E-state index is -0.615. The van der Waals surface area contributed by atoms with E-state index in [1.807, 2.05) is 30.5 Å². The molecule has 4 nitrogen and oxygen atoms in total. The van der Waals surface area contributed by atoms with Crippen LogP contribution in [0.15, 0.2) is 53.5 Å². The van der Waals surface area contributed by atoms with Crippen LogP contribution in [-0.2, 0) is 6.54 Å². The average molecular weight is 324 g/mol. The van der Waals surface area contributed by atoms with Crippen LogP contribution >= 0.6 is 0 Å². The number of nitrogens with zero attached hydrogens (tertiary/aromatic N) is 1. The summed E-state index contributed by atoms with van der Waals surface area (Å²) in [5.74, 6) is -1.16. The lowest BCUT2D eigenvalue weighted by molar-refractivity contribution is 0.102. The van der Waals surface area contributed by atoms with Crippen LogP contribution in [0.5, 0.6) is 0 Å². The summed E-state index contributed by atoms with van der Waals surface area (Å²) in [6.07, 6.45) is 1.52. The first-order chi connectivity index (χ1) is 11.5. The third-order valence-electron chi connectivity index (χ3n) is 3.94. The Kier molecular flexibility index (Phi) is 4.16. The number of nitrogens with one attached hydrogen (secondary N) is 1. The van der Waals surface area contributed by atoms with Crippen LogP contribution in [0.1, 0.15) is 22.8 Å². The highest BCUT2D eigenvalue weighted by atomic mass is 19.1. The quantitative estimate of drug-likeness (QED) is 0.798. The van der Waals surface area contributed by atoms with Crippen molar-refractivity contribution in [3.8, 4) is 0 Å². The number of para-hydroxylation sites is 1. The lowest BCUT2D eigenvalue weighted by Crippen LogP contribution is -2.24. The molecule has 1 amide bonds. The maximum atomic E-state index is 13.7. The monoisotopic (exact) mass is 324 g/mol. The zero-order valence-corrected chi connectivity index (χ0v) is 13.5.